The number of aryl methyl sites for hydroxylation is 1. The Morgan fingerprint density at radius 1 is 1.65 bits per heavy atom. The molecule has 2 unspecified atom stereocenters. The second kappa shape index (κ2) is 5.00. The molecule has 2 rings (SSSR count). The number of hydrogen-bond donors (Lipinski definition) is 2. The average molecular weight is 256 g/mol. The van der Waals surface area contributed by atoms with Crippen molar-refractivity contribution in [3.05, 3.63) is 23.0 Å². The van der Waals surface area contributed by atoms with Gasteiger partial charge >= 0.3 is 0 Å². The van der Waals surface area contributed by atoms with Crippen LogP contribution >= 0.6 is 11.6 Å². The van der Waals surface area contributed by atoms with Crippen molar-refractivity contribution >= 4 is 23.2 Å². The Labute approximate surface area is 104 Å². The van der Waals surface area contributed by atoms with E-state index in [4.69, 9.17) is 22.1 Å². The van der Waals surface area contributed by atoms with Gasteiger partial charge in [-0.05, 0) is 18.6 Å². The van der Waals surface area contributed by atoms with Crippen LogP contribution in [0.1, 0.15) is 5.56 Å². The van der Waals surface area contributed by atoms with Gasteiger partial charge in [-0.1, -0.05) is 11.6 Å². The van der Waals surface area contributed by atoms with Gasteiger partial charge in [0.1, 0.15) is 5.15 Å². The highest BCUT2D eigenvalue weighted by Crippen LogP contribution is 2.18. The Morgan fingerprint density at radius 3 is 3.00 bits per heavy atom. The molecular formula is C11H14ClN3O2. The smallest absolute Gasteiger partial charge is 0.231 e. The Kier molecular flexibility index (Phi) is 3.61. The van der Waals surface area contributed by atoms with Gasteiger partial charge in [0.15, 0.2) is 0 Å². The zero-order valence-corrected chi connectivity index (χ0v) is 10.2. The van der Waals surface area contributed by atoms with Crippen molar-refractivity contribution in [1.29, 1.82) is 0 Å². The third-order valence-corrected chi connectivity index (χ3v) is 3.14. The average Bonchev–Trinajstić information content (AvgIpc) is 2.70. The number of nitrogens with one attached hydrogen (secondary N) is 1. The number of ether oxygens (including phenoxy) is 1. The van der Waals surface area contributed by atoms with Crippen LogP contribution in [-0.2, 0) is 9.53 Å². The maximum Gasteiger partial charge on any atom is 0.231 e. The molecular weight excluding hydrogens is 242 g/mol. The molecule has 0 spiro atoms. The standard InChI is InChI=1S/C11H14ClN3O2/c1-6-2-7(3-14-10(6)12)15-11(16)8-4-17-5-9(8)13/h2-3,8-9H,4-5,13H2,1H3,(H,15,16). The predicted molar refractivity (Wildman–Crippen MR) is 64.9 cm³/mol. The molecule has 6 heteroatoms. The fourth-order valence-corrected chi connectivity index (χ4v) is 1.81. The highest BCUT2D eigenvalue weighted by atomic mass is 35.5. The summed E-state index contributed by atoms with van der Waals surface area (Å²) in [6.07, 6.45) is 1.52. The monoisotopic (exact) mass is 255 g/mol. The predicted octanol–water partition coefficient (Wildman–Crippen LogP) is 0.956. The lowest BCUT2D eigenvalue weighted by Crippen LogP contribution is -2.37. The second-order valence-electron chi connectivity index (χ2n) is 4.13. The molecule has 0 aromatic carbocycles. The van der Waals surface area contributed by atoms with E-state index in [1.165, 1.54) is 6.20 Å². The van der Waals surface area contributed by atoms with Crippen molar-refractivity contribution in [2.24, 2.45) is 11.7 Å². The van der Waals surface area contributed by atoms with Crippen molar-refractivity contribution in [3.8, 4) is 0 Å². The number of carbonyl (C=O) groups excluding carboxylic acids is 1. The van der Waals surface area contributed by atoms with Gasteiger partial charge in [0.2, 0.25) is 5.91 Å². The molecule has 0 aliphatic carbocycles. The molecule has 1 aliphatic heterocycles. The van der Waals surface area contributed by atoms with Crippen LogP contribution in [0.25, 0.3) is 0 Å². The van der Waals surface area contributed by atoms with Gasteiger partial charge in [-0.3, -0.25) is 4.79 Å². The van der Waals surface area contributed by atoms with E-state index >= 15 is 0 Å². The van der Waals surface area contributed by atoms with Crippen molar-refractivity contribution in [1.82, 2.24) is 4.98 Å². The number of anilines is 1. The maximum absolute atomic E-state index is 11.9. The largest absolute Gasteiger partial charge is 0.379 e. The number of carbonyl (C=O) groups is 1. The molecule has 0 radical (unpaired) electrons. The van der Waals surface area contributed by atoms with Crippen LogP contribution in [0.15, 0.2) is 12.3 Å². The van der Waals surface area contributed by atoms with E-state index in [9.17, 15) is 4.79 Å². The molecule has 1 aromatic rings. The van der Waals surface area contributed by atoms with Crippen molar-refractivity contribution in [2.75, 3.05) is 18.5 Å². The van der Waals surface area contributed by atoms with E-state index in [-0.39, 0.29) is 17.9 Å². The number of amides is 1. The minimum Gasteiger partial charge on any atom is -0.379 e. The van der Waals surface area contributed by atoms with E-state index in [0.29, 0.717) is 24.1 Å². The Morgan fingerprint density at radius 2 is 2.41 bits per heavy atom. The number of hydrogen-bond acceptors (Lipinski definition) is 4. The molecule has 1 saturated heterocycles. The summed E-state index contributed by atoms with van der Waals surface area (Å²) in [6.45, 7) is 2.62. The fraction of sp³-hybridized carbons (Fsp3) is 0.455. The quantitative estimate of drug-likeness (QED) is 0.772. The molecule has 0 bridgehead atoms. The van der Waals surface area contributed by atoms with Crippen molar-refractivity contribution in [2.45, 2.75) is 13.0 Å². The lowest BCUT2D eigenvalue weighted by molar-refractivity contribution is -0.120. The van der Waals surface area contributed by atoms with Gasteiger partial charge in [0, 0.05) is 6.04 Å². The first kappa shape index (κ1) is 12.3. The minimum atomic E-state index is -0.300. The summed E-state index contributed by atoms with van der Waals surface area (Å²) in [5.74, 6) is -0.440. The lowest BCUT2D eigenvalue weighted by atomic mass is 10.0. The first-order chi connectivity index (χ1) is 8.08. The van der Waals surface area contributed by atoms with Crippen LogP contribution in [0.4, 0.5) is 5.69 Å². The first-order valence-corrected chi connectivity index (χ1v) is 5.72. The molecule has 2 atom stereocenters. The molecule has 1 fully saturated rings. The SMILES string of the molecule is Cc1cc(NC(=O)C2COCC2N)cnc1Cl. The molecule has 2 heterocycles. The fourth-order valence-electron chi connectivity index (χ4n) is 1.70. The number of nitrogens with two attached hydrogens (primary N) is 1. The third kappa shape index (κ3) is 2.74. The number of pyridine rings is 1. The first-order valence-electron chi connectivity index (χ1n) is 5.34. The summed E-state index contributed by atoms with van der Waals surface area (Å²) >= 11 is 5.80. The topological polar surface area (TPSA) is 77.2 Å². The Balaban J connectivity index is 2.05. The zero-order chi connectivity index (χ0) is 12.4. The summed E-state index contributed by atoms with van der Waals surface area (Å²) < 4.78 is 5.15. The van der Waals surface area contributed by atoms with Gasteiger partial charge < -0.3 is 15.8 Å². The van der Waals surface area contributed by atoms with E-state index in [1.54, 1.807) is 6.07 Å². The summed E-state index contributed by atoms with van der Waals surface area (Å²) in [5.41, 5.74) is 7.20. The normalized spacial score (nSPS) is 23.7. The van der Waals surface area contributed by atoms with Gasteiger partial charge in [-0.2, -0.15) is 0 Å². The summed E-state index contributed by atoms with van der Waals surface area (Å²) in [7, 11) is 0. The maximum atomic E-state index is 11.9. The van der Waals surface area contributed by atoms with Crippen LogP contribution in [0.2, 0.25) is 5.15 Å². The van der Waals surface area contributed by atoms with Crippen LogP contribution < -0.4 is 11.1 Å². The highest BCUT2D eigenvalue weighted by molar-refractivity contribution is 6.30. The van der Waals surface area contributed by atoms with Crippen molar-refractivity contribution < 1.29 is 9.53 Å². The van der Waals surface area contributed by atoms with E-state index < -0.39 is 0 Å². The highest BCUT2D eigenvalue weighted by Gasteiger charge is 2.31. The van der Waals surface area contributed by atoms with E-state index in [2.05, 4.69) is 10.3 Å². The van der Waals surface area contributed by atoms with Crippen LogP contribution in [-0.4, -0.2) is 30.1 Å². The zero-order valence-electron chi connectivity index (χ0n) is 9.44. The lowest BCUT2D eigenvalue weighted by Gasteiger charge is -2.13. The summed E-state index contributed by atoms with van der Waals surface area (Å²) in [6, 6.07) is 1.53. The van der Waals surface area contributed by atoms with Crippen LogP contribution in [0, 0.1) is 12.8 Å². The van der Waals surface area contributed by atoms with E-state index in [1.807, 2.05) is 6.92 Å². The van der Waals surface area contributed by atoms with Crippen molar-refractivity contribution in [3.63, 3.8) is 0 Å². The third-order valence-electron chi connectivity index (χ3n) is 2.74. The molecule has 0 saturated carbocycles. The molecule has 92 valence electrons. The van der Waals surface area contributed by atoms with Crippen LogP contribution in [0.5, 0.6) is 0 Å². The number of rotatable bonds is 2. The van der Waals surface area contributed by atoms with Gasteiger partial charge in [0.25, 0.3) is 0 Å². The molecule has 17 heavy (non-hydrogen) atoms. The Hall–Kier alpha value is -1.17. The molecule has 1 aromatic heterocycles. The molecule has 5 nitrogen and oxygen atoms in total. The minimum absolute atomic E-state index is 0.140. The molecule has 1 aliphatic rings. The number of halogens is 1. The second-order valence-corrected chi connectivity index (χ2v) is 4.49. The summed E-state index contributed by atoms with van der Waals surface area (Å²) in [5, 5.41) is 3.20. The number of aromatic nitrogens is 1. The molecule has 3 N–H and O–H groups in total. The van der Waals surface area contributed by atoms with Crippen LogP contribution in [0.3, 0.4) is 0 Å². The van der Waals surface area contributed by atoms with Gasteiger partial charge in [0.05, 0.1) is 31.0 Å². The van der Waals surface area contributed by atoms with E-state index in [0.717, 1.165) is 5.56 Å². The Bertz CT molecular complexity index is 439. The molecule has 1 amide bonds. The van der Waals surface area contributed by atoms with Gasteiger partial charge in [-0.15, -0.1) is 0 Å². The van der Waals surface area contributed by atoms with Gasteiger partial charge in [-0.25, -0.2) is 4.98 Å². The number of nitrogens with zero attached hydrogens (tertiary/aromatic N) is 1. The summed E-state index contributed by atoms with van der Waals surface area (Å²) in [4.78, 5) is 15.9.